The second kappa shape index (κ2) is 9.66. The number of sulfonamides is 1. The van der Waals surface area contributed by atoms with Crippen molar-refractivity contribution in [1.29, 1.82) is 0 Å². The molecule has 0 saturated heterocycles. The Morgan fingerprint density at radius 1 is 1.06 bits per heavy atom. The molecular formula is C20H17N5O6S. The van der Waals surface area contributed by atoms with Crippen molar-refractivity contribution in [2.45, 2.75) is 4.90 Å². The number of ether oxygens (including phenoxy) is 1. The van der Waals surface area contributed by atoms with Crippen LogP contribution >= 0.6 is 0 Å². The Morgan fingerprint density at radius 2 is 1.72 bits per heavy atom. The molecule has 2 aromatic carbocycles. The number of anilines is 2. The second-order valence-electron chi connectivity index (χ2n) is 6.22. The van der Waals surface area contributed by atoms with Crippen LogP contribution in [0.1, 0.15) is 5.56 Å². The summed E-state index contributed by atoms with van der Waals surface area (Å²) in [5.41, 5.74) is 0.936. The molecule has 1 aromatic heterocycles. The summed E-state index contributed by atoms with van der Waals surface area (Å²) in [7, 11) is -2.61. The van der Waals surface area contributed by atoms with Crippen molar-refractivity contribution >= 4 is 39.2 Å². The Balaban J connectivity index is 1.64. The fourth-order valence-corrected chi connectivity index (χ4v) is 3.52. The van der Waals surface area contributed by atoms with Crippen LogP contribution < -0.4 is 14.8 Å². The number of non-ortho nitro benzene ring substituents is 1. The van der Waals surface area contributed by atoms with Crippen LogP contribution in [0.3, 0.4) is 0 Å². The first-order chi connectivity index (χ1) is 15.3. The molecule has 11 nitrogen and oxygen atoms in total. The van der Waals surface area contributed by atoms with Crippen LogP contribution in [0.2, 0.25) is 0 Å². The van der Waals surface area contributed by atoms with Crippen molar-refractivity contribution in [2.75, 3.05) is 17.1 Å². The minimum atomic E-state index is -3.95. The van der Waals surface area contributed by atoms with Crippen LogP contribution in [-0.2, 0) is 14.8 Å². The highest BCUT2D eigenvalue weighted by molar-refractivity contribution is 7.92. The van der Waals surface area contributed by atoms with E-state index in [-0.39, 0.29) is 22.3 Å². The average Bonchev–Trinajstić information content (AvgIpc) is 2.78. The van der Waals surface area contributed by atoms with E-state index in [1.807, 2.05) is 0 Å². The zero-order valence-electron chi connectivity index (χ0n) is 16.6. The monoisotopic (exact) mass is 455 g/mol. The summed E-state index contributed by atoms with van der Waals surface area (Å²) in [5, 5.41) is 13.3. The van der Waals surface area contributed by atoms with Crippen LogP contribution in [-0.4, -0.2) is 36.3 Å². The molecule has 1 heterocycles. The number of aromatic nitrogens is 2. The van der Waals surface area contributed by atoms with Gasteiger partial charge >= 0.3 is 0 Å². The maximum atomic E-state index is 12.6. The van der Waals surface area contributed by atoms with Gasteiger partial charge in [-0.25, -0.2) is 18.4 Å². The molecule has 0 spiro atoms. The van der Waals surface area contributed by atoms with Gasteiger partial charge < -0.3 is 10.1 Å². The average molecular weight is 455 g/mol. The highest BCUT2D eigenvalue weighted by atomic mass is 32.2. The van der Waals surface area contributed by atoms with Crippen LogP contribution in [0.4, 0.5) is 17.2 Å². The maximum Gasteiger partial charge on any atom is 0.269 e. The standard InChI is InChI=1S/C20H17N5O6S/c1-31-20-19(21-12-13-22-20)24-32(29,30)17-9-5-15(6-10-17)23-18(26)11-4-14-2-7-16(8-3-14)25(27)28/h2-13H,1H3,(H,21,24)(H,23,26). The molecule has 0 aliphatic carbocycles. The normalized spacial score (nSPS) is 11.2. The van der Waals surface area contributed by atoms with E-state index < -0.39 is 20.9 Å². The maximum absolute atomic E-state index is 12.6. The lowest BCUT2D eigenvalue weighted by Crippen LogP contribution is -2.15. The van der Waals surface area contributed by atoms with Gasteiger partial charge in [-0.15, -0.1) is 0 Å². The second-order valence-corrected chi connectivity index (χ2v) is 7.90. The molecular weight excluding hydrogens is 438 g/mol. The van der Waals surface area contributed by atoms with Crippen molar-refractivity contribution in [1.82, 2.24) is 9.97 Å². The fourth-order valence-electron chi connectivity index (χ4n) is 2.51. The molecule has 3 aromatic rings. The molecule has 0 unspecified atom stereocenters. The summed E-state index contributed by atoms with van der Waals surface area (Å²) in [6, 6.07) is 11.2. The first kappa shape index (κ1) is 22.4. The molecule has 12 heteroatoms. The smallest absolute Gasteiger partial charge is 0.269 e. The zero-order chi connectivity index (χ0) is 23.1. The number of hydrogen-bond acceptors (Lipinski definition) is 8. The van der Waals surface area contributed by atoms with Gasteiger partial charge in [0.25, 0.3) is 21.6 Å². The summed E-state index contributed by atoms with van der Waals surface area (Å²) in [6.07, 6.45) is 5.44. The third-order valence-corrected chi connectivity index (χ3v) is 5.41. The van der Waals surface area contributed by atoms with Gasteiger partial charge in [-0.2, -0.15) is 0 Å². The van der Waals surface area contributed by atoms with Crippen LogP contribution in [0.5, 0.6) is 5.88 Å². The van der Waals surface area contributed by atoms with E-state index in [0.29, 0.717) is 11.3 Å². The molecule has 0 fully saturated rings. The fraction of sp³-hybridized carbons (Fsp3) is 0.0500. The van der Waals surface area contributed by atoms with Crippen LogP contribution in [0.25, 0.3) is 6.08 Å². The quantitative estimate of drug-likeness (QED) is 0.299. The molecule has 0 saturated carbocycles. The Kier molecular flexibility index (Phi) is 6.75. The Labute approximate surface area is 183 Å². The highest BCUT2D eigenvalue weighted by Gasteiger charge is 2.18. The van der Waals surface area contributed by atoms with E-state index >= 15 is 0 Å². The summed E-state index contributed by atoms with van der Waals surface area (Å²) >= 11 is 0. The Morgan fingerprint density at radius 3 is 2.34 bits per heavy atom. The number of carbonyl (C=O) groups excluding carboxylic acids is 1. The van der Waals surface area contributed by atoms with E-state index in [9.17, 15) is 23.3 Å². The SMILES string of the molecule is COc1nccnc1NS(=O)(=O)c1ccc(NC(=O)C=Cc2ccc([N+](=O)[O-])cc2)cc1. The van der Waals surface area contributed by atoms with Crippen molar-refractivity contribution < 1.29 is 22.9 Å². The van der Waals surface area contributed by atoms with E-state index in [2.05, 4.69) is 20.0 Å². The number of hydrogen-bond donors (Lipinski definition) is 2. The van der Waals surface area contributed by atoms with Crippen molar-refractivity contribution in [3.8, 4) is 5.88 Å². The van der Waals surface area contributed by atoms with Crippen LogP contribution in [0.15, 0.2) is 71.9 Å². The van der Waals surface area contributed by atoms with Crippen molar-refractivity contribution in [3.05, 3.63) is 82.7 Å². The third-order valence-electron chi connectivity index (χ3n) is 4.05. The van der Waals surface area contributed by atoms with Gasteiger partial charge in [0.05, 0.1) is 16.9 Å². The Bertz CT molecular complexity index is 1260. The minimum Gasteiger partial charge on any atom is -0.478 e. The Hall–Kier alpha value is -4.32. The molecule has 0 radical (unpaired) electrons. The molecule has 32 heavy (non-hydrogen) atoms. The number of nitrogens with zero attached hydrogens (tertiary/aromatic N) is 3. The lowest BCUT2D eigenvalue weighted by Gasteiger charge is -2.10. The number of nitrogens with one attached hydrogen (secondary N) is 2. The van der Waals surface area contributed by atoms with E-state index in [1.54, 1.807) is 0 Å². The number of benzene rings is 2. The van der Waals surface area contributed by atoms with Gasteiger partial charge in [-0.1, -0.05) is 0 Å². The zero-order valence-corrected chi connectivity index (χ0v) is 17.4. The highest BCUT2D eigenvalue weighted by Crippen LogP contribution is 2.22. The number of amides is 1. The first-order valence-corrected chi connectivity index (χ1v) is 10.5. The molecule has 0 bridgehead atoms. The van der Waals surface area contributed by atoms with Crippen molar-refractivity contribution in [3.63, 3.8) is 0 Å². The number of rotatable bonds is 8. The largest absolute Gasteiger partial charge is 0.478 e. The minimum absolute atomic E-state index is 0.0276. The van der Waals surface area contributed by atoms with Gasteiger partial charge in [-0.3, -0.25) is 19.6 Å². The van der Waals surface area contributed by atoms with Crippen molar-refractivity contribution in [2.24, 2.45) is 0 Å². The molecule has 0 atom stereocenters. The number of nitro groups is 1. The summed E-state index contributed by atoms with van der Waals surface area (Å²) in [5.74, 6) is -0.482. The van der Waals surface area contributed by atoms with Gasteiger partial charge in [0, 0.05) is 36.3 Å². The predicted octanol–water partition coefficient (Wildman–Crippen LogP) is 2.85. The number of methoxy groups -OCH3 is 1. The lowest BCUT2D eigenvalue weighted by atomic mass is 10.2. The molecule has 0 aliphatic rings. The van der Waals surface area contributed by atoms with Gasteiger partial charge in [0.15, 0.2) is 0 Å². The lowest BCUT2D eigenvalue weighted by molar-refractivity contribution is -0.384. The van der Waals surface area contributed by atoms with Gasteiger partial charge in [-0.05, 0) is 48.0 Å². The van der Waals surface area contributed by atoms with Gasteiger partial charge in [0.1, 0.15) is 0 Å². The number of carbonyl (C=O) groups is 1. The van der Waals surface area contributed by atoms with E-state index in [0.717, 1.165) is 0 Å². The van der Waals surface area contributed by atoms with E-state index in [4.69, 9.17) is 4.74 Å². The summed E-state index contributed by atoms with van der Waals surface area (Å²) in [4.78, 5) is 30.0. The van der Waals surface area contributed by atoms with E-state index in [1.165, 1.54) is 80.2 Å². The molecule has 1 amide bonds. The topological polar surface area (TPSA) is 153 Å². The number of nitro benzene ring substituents is 1. The molecule has 164 valence electrons. The molecule has 3 rings (SSSR count). The van der Waals surface area contributed by atoms with Crippen LogP contribution in [0, 0.1) is 10.1 Å². The molecule has 0 aliphatic heterocycles. The summed E-state index contributed by atoms with van der Waals surface area (Å²) in [6.45, 7) is 0. The first-order valence-electron chi connectivity index (χ1n) is 9.00. The predicted molar refractivity (Wildman–Crippen MR) is 117 cm³/mol. The summed E-state index contributed by atoms with van der Waals surface area (Å²) < 4.78 is 32.4. The molecule has 2 N–H and O–H groups in total. The third kappa shape index (κ3) is 5.64. The van der Waals surface area contributed by atoms with Gasteiger partial charge in [0.2, 0.25) is 11.7 Å².